The van der Waals surface area contributed by atoms with E-state index in [0.29, 0.717) is 25.8 Å². The Bertz CT molecular complexity index is 748. The molecule has 2 unspecified atom stereocenters. The number of aliphatic hydroxyl groups is 1. The van der Waals surface area contributed by atoms with E-state index >= 15 is 0 Å². The van der Waals surface area contributed by atoms with Crippen LogP contribution < -0.4 is 21.9 Å². The third-order valence-corrected chi connectivity index (χ3v) is 4.86. The van der Waals surface area contributed by atoms with Crippen molar-refractivity contribution >= 4 is 18.0 Å². The number of nitrogens with one attached hydrogen (secondary N) is 3. The van der Waals surface area contributed by atoms with Crippen LogP contribution >= 0.6 is 0 Å². The zero-order chi connectivity index (χ0) is 26.1. The predicted molar refractivity (Wildman–Crippen MR) is 127 cm³/mol. The van der Waals surface area contributed by atoms with Crippen LogP contribution in [0, 0.1) is 0 Å². The summed E-state index contributed by atoms with van der Waals surface area (Å²) in [5, 5.41) is 11.9. The molecule has 0 bridgehead atoms. The molecule has 0 aliphatic heterocycles. The van der Waals surface area contributed by atoms with Crippen LogP contribution in [0.4, 0.5) is 4.79 Å². The van der Waals surface area contributed by atoms with Gasteiger partial charge in [0.1, 0.15) is 12.6 Å². The van der Waals surface area contributed by atoms with Crippen molar-refractivity contribution in [1.29, 1.82) is 0 Å². The van der Waals surface area contributed by atoms with E-state index in [2.05, 4.69) is 16.2 Å². The van der Waals surface area contributed by atoms with Gasteiger partial charge in [0, 0.05) is 13.7 Å². The van der Waals surface area contributed by atoms with E-state index in [1.165, 1.54) is 14.0 Å². The lowest BCUT2D eigenvalue weighted by molar-refractivity contribution is -0.181. The molecule has 0 aromatic heterocycles. The standard InChI is InChI=1S/C23H38N4O8/c1-4-18(14-28)35-20(32-3)15-34-23(31)27-26-16(2)22(30)33-12-8-11-25-21(29)19(24)13-17-9-6-5-7-10-17/h5-7,9-10,16,18-20,26,28H,4,8,11-15,24H2,1-3H3,(H,25,29)(H,27,31)/t16-,18?,19-,20?/m0/s1. The van der Waals surface area contributed by atoms with Crippen molar-refractivity contribution in [3.63, 3.8) is 0 Å². The number of rotatable bonds is 17. The summed E-state index contributed by atoms with van der Waals surface area (Å²) in [4.78, 5) is 35.9. The lowest BCUT2D eigenvalue weighted by Crippen LogP contribution is -2.48. The first-order chi connectivity index (χ1) is 16.8. The molecule has 35 heavy (non-hydrogen) atoms. The summed E-state index contributed by atoms with van der Waals surface area (Å²) in [6, 6.07) is 7.97. The van der Waals surface area contributed by atoms with Gasteiger partial charge in [0.05, 0.1) is 25.4 Å². The molecule has 4 atom stereocenters. The molecule has 0 fully saturated rings. The number of hydrazine groups is 1. The Hall–Kier alpha value is -2.77. The van der Waals surface area contributed by atoms with Crippen LogP contribution in [0.2, 0.25) is 0 Å². The van der Waals surface area contributed by atoms with Crippen LogP contribution in [-0.4, -0.2) is 81.0 Å². The Morgan fingerprint density at radius 3 is 2.49 bits per heavy atom. The van der Waals surface area contributed by atoms with Crippen LogP contribution in [0.15, 0.2) is 30.3 Å². The summed E-state index contributed by atoms with van der Waals surface area (Å²) < 4.78 is 20.6. The molecule has 0 saturated heterocycles. The van der Waals surface area contributed by atoms with Gasteiger partial charge >= 0.3 is 12.1 Å². The molecule has 1 aromatic rings. The molecule has 2 amide bonds. The second-order valence-electron chi connectivity index (χ2n) is 7.71. The number of hydrogen-bond donors (Lipinski definition) is 5. The maximum absolute atomic E-state index is 12.1. The maximum Gasteiger partial charge on any atom is 0.421 e. The summed E-state index contributed by atoms with van der Waals surface area (Å²) in [6.45, 7) is 3.34. The summed E-state index contributed by atoms with van der Waals surface area (Å²) in [7, 11) is 1.39. The molecule has 1 rings (SSSR count). The van der Waals surface area contributed by atoms with E-state index in [9.17, 15) is 14.4 Å². The first-order valence-corrected chi connectivity index (χ1v) is 11.5. The SMILES string of the molecule is CCC(CO)OC(COC(=O)NN[C@@H](C)C(=O)OCCCNC(=O)[C@@H](N)Cc1ccccc1)OC. The number of carbonyl (C=O) groups is 3. The van der Waals surface area contributed by atoms with E-state index in [-0.39, 0.29) is 25.7 Å². The maximum atomic E-state index is 12.1. The van der Waals surface area contributed by atoms with Gasteiger partial charge < -0.3 is 35.1 Å². The highest BCUT2D eigenvalue weighted by Crippen LogP contribution is 2.04. The average Bonchev–Trinajstić information content (AvgIpc) is 2.87. The second kappa shape index (κ2) is 17.6. The highest BCUT2D eigenvalue weighted by molar-refractivity contribution is 5.81. The molecule has 1 aromatic carbocycles. The number of esters is 1. The third kappa shape index (κ3) is 13.0. The Kier molecular flexibility index (Phi) is 15.2. The zero-order valence-electron chi connectivity index (χ0n) is 20.5. The van der Waals surface area contributed by atoms with Crippen molar-refractivity contribution < 1.29 is 38.4 Å². The highest BCUT2D eigenvalue weighted by atomic mass is 16.7. The predicted octanol–water partition coefficient (Wildman–Crippen LogP) is -0.0148. The molecule has 0 saturated carbocycles. The van der Waals surface area contributed by atoms with Gasteiger partial charge in [-0.25, -0.2) is 10.2 Å². The van der Waals surface area contributed by atoms with Gasteiger partial charge in [0.2, 0.25) is 5.91 Å². The summed E-state index contributed by atoms with van der Waals surface area (Å²) in [5.74, 6) is -0.871. The van der Waals surface area contributed by atoms with Gasteiger partial charge in [-0.2, -0.15) is 0 Å². The summed E-state index contributed by atoms with van der Waals surface area (Å²) >= 11 is 0. The first-order valence-electron chi connectivity index (χ1n) is 11.5. The Morgan fingerprint density at radius 1 is 1.14 bits per heavy atom. The van der Waals surface area contributed by atoms with Crippen molar-refractivity contribution in [2.75, 3.05) is 33.5 Å². The fourth-order valence-corrected chi connectivity index (χ4v) is 2.73. The van der Waals surface area contributed by atoms with Crippen LogP contribution in [0.3, 0.4) is 0 Å². The van der Waals surface area contributed by atoms with E-state index in [0.717, 1.165) is 5.56 Å². The second-order valence-corrected chi connectivity index (χ2v) is 7.71. The number of methoxy groups -OCH3 is 1. The topological polar surface area (TPSA) is 170 Å². The molecule has 6 N–H and O–H groups in total. The fraction of sp³-hybridized carbons (Fsp3) is 0.609. The smallest absolute Gasteiger partial charge is 0.421 e. The van der Waals surface area contributed by atoms with Gasteiger partial charge in [-0.1, -0.05) is 37.3 Å². The van der Waals surface area contributed by atoms with Crippen molar-refractivity contribution in [2.45, 2.75) is 57.6 Å². The molecule has 198 valence electrons. The third-order valence-electron chi connectivity index (χ3n) is 4.86. The van der Waals surface area contributed by atoms with Crippen LogP contribution in [0.25, 0.3) is 0 Å². The number of aliphatic hydroxyl groups excluding tert-OH is 1. The zero-order valence-corrected chi connectivity index (χ0v) is 20.5. The normalized spacial score (nSPS) is 14.3. The number of nitrogens with two attached hydrogens (primary N) is 1. The molecule has 0 aliphatic rings. The molecular weight excluding hydrogens is 460 g/mol. The minimum absolute atomic E-state index is 0.0831. The molecule has 12 heteroatoms. The van der Waals surface area contributed by atoms with Crippen LogP contribution in [0.5, 0.6) is 0 Å². The van der Waals surface area contributed by atoms with Gasteiger partial charge in [-0.15, -0.1) is 0 Å². The highest BCUT2D eigenvalue weighted by Gasteiger charge is 2.19. The van der Waals surface area contributed by atoms with Crippen molar-refractivity contribution in [2.24, 2.45) is 5.73 Å². The molecule has 0 radical (unpaired) electrons. The Morgan fingerprint density at radius 2 is 1.86 bits per heavy atom. The summed E-state index contributed by atoms with van der Waals surface area (Å²) in [6.07, 6.45) is -0.712. The van der Waals surface area contributed by atoms with Gasteiger partial charge in [-0.3, -0.25) is 15.0 Å². The Balaban J connectivity index is 2.17. The van der Waals surface area contributed by atoms with Crippen LogP contribution in [0.1, 0.15) is 32.3 Å². The molecule has 0 heterocycles. The average molecular weight is 499 g/mol. The minimum Gasteiger partial charge on any atom is -0.464 e. The van der Waals surface area contributed by atoms with Crippen molar-refractivity contribution in [3.8, 4) is 0 Å². The van der Waals surface area contributed by atoms with E-state index < -0.39 is 36.5 Å². The minimum atomic E-state index is -0.845. The lowest BCUT2D eigenvalue weighted by atomic mass is 10.1. The number of ether oxygens (including phenoxy) is 4. The van der Waals surface area contributed by atoms with Gasteiger partial charge in [0.15, 0.2) is 6.29 Å². The van der Waals surface area contributed by atoms with E-state index in [1.54, 1.807) is 0 Å². The largest absolute Gasteiger partial charge is 0.464 e. The molecule has 12 nitrogen and oxygen atoms in total. The number of amides is 2. The summed E-state index contributed by atoms with van der Waals surface area (Å²) in [5.41, 5.74) is 11.6. The van der Waals surface area contributed by atoms with Gasteiger partial charge in [-0.05, 0) is 31.7 Å². The Labute approximate surface area is 205 Å². The number of carbonyl (C=O) groups excluding carboxylic acids is 3. The van der Waals surface area contributed by atoms with Crippen LogP contribution in [-0.2, 0) is 35.0 Å². The molecule has 0 spiro atoms. The first kappa shape index (κ1) is 30.3. The lowest BCUT2D eigenvalue weighted by Gasteiger charge is -2.21. The molecular formula is C23H38N4O8. The number of hydrogen-bond acceptors (Lipinski definition) is 10. The monoisotopic (exact) mass is 498 g/mol. The van der Waals surface area contributed by atoms with Crippen molar-refractivity contribution in [3.05, 3.63) is 35.9 Å². The quantitative estimate of drug-likeness (QED) is 0.0851. The molecule has 0 aliphatic carbocycles. The van der Waals surface area contributed by atoms with E-state index in [1.807, 2.05) is 37.3 Å². The van der Waals surface area contributed by atoms with Crippen molar-refractivity contribution in [1.82, 2.24) is 16.2 Å². The number of benzene rings is 1. The fourth-order valence-electron chi connectivity index (χ4n) is 2.73. The van der Waals surface area contributed by atoms with Gasteiger partial charge in [0.25, 0.3) is 0 Å². The van der Waals surface area contributed by atoms with E-state index in [4.69, 9.17) is 29.8 Å².